The van der Waals surface area contributed by atoms with Crippen LogP contribution in [0.3, 0.4) is 0 Å². The van der Waals surface area contributed by atoms with Gasteiger partial charge in [0, 0.05) is 25.2 Å². The van der Waals surface area contributed by atoms with E-state index in [1.807, 2.05) is 12.1 Å². The molecule has 23 heavy (non-hydrogen) atoms. The van der Waals surface area contributed by atoms with Crippen LogP contribution >= 0.6 is 0 Å². The van der Waals surface area contributed by atoms with Crippen molar-refractivity contribution in [1.82, 2.24) is 10.6 Å². The minimum Gasteiger partial charge on any atom is -0.494 e. The van der Waals surface area contributed by atoms with Gasteiger partial charge in [-0.3, -0.25) is 4.79 Å². The Bertz CT molecular complexity index is 698. The van der Waals surface area contributed by atoms with Gasteiger partial charge in [-0.05, 0) is 41.3 Å². The third kappa shape index (κ3) is 3.90. The molecule has 1 aliphatic rings. The average molecular weight is 310 g/mol. The summed E-state index contributed by atoms with van der Waals surface area (Å²) in [6, 6.07) is 13.7. The van der Waals surface area contributed by atoms with Gasteiger partial charge in [-0.2, -0.15) is 0 Å². The van der Waals surface area contributed by atoms with E-state index in [2.05, 4.69) is 35.8 Å². The lowest BCUT2D eigenvalue weighted by Crippen LogP contribution is -2.22. The highest BCUT2D eigenvalue weighted by atomic mass is 16.5. The van der Waals surface area contributed by atoms with Crippen LogP contribution in [0.2, 0.25) is 0 Å². The predicted octanol–water partition coefficient (Wildman–Crippen LogP) is 3.01. The molecule has 0 bridgehead atoms. The van der Waals surface area contributed by atoms with Crippen molar-refractivity contribution in [3.05, 3.63) is 64.7 Å². The second-order valence-electron chi connectivity index (χ2n) is 5.77. The van der Waals surface area contributed by atoms with Gasteiger partial charge < -0.3 is 15.4 Å². The standard InChI is InChI=1S/C19H22N2O2/c1-2-8-23-18-5-3-4-15(10-18)19(22)21-11-14-6-7-16-12-20-13-17(16)9-14/h3-7,9-10,20H,2,8,11-13H2,1H3,(H,21,22). The highest BCUT2D eigenvalue weighted by Gasteiger charge is 2.11. The number of amides is 1. The van der Waals surface area contributed by atoms with E-state index in [4.69, 9.17) is 4.74 Å². The Hall–Kier alpha value is -2.33. The van der Waals surface area contributed by atoms with Crippen molar-refractivity contribution in [3.8, 4) is 5.75 Å². The molecule has 0 saturated carbocycles. The summed E-state index contributed by atoms with van der Waals surface area (Å²) < 4.78 is 5.57. The fourth-order valence-electron chi connectivity index (χ4n) is 2.69. The Morgan fingerprint density at radius 1 is 1.17 bits per heavy atom. The second kappa shape index (κ2) is 7.29. The number of rotatable bonds is 6. The number of ether oxygens (including phenoxy) is 1. The molecule has 0 fully saturated rings. The van der Waals surface area contributed by atoms with Crippen LogP contribution in [0.25, 0.3) is 0 Å². The van der Waals surface area contributed by atoms with Gasteiger partial charge in [0.1, 0.15) is 5.75 Å². The molecule has 4 nitrogen and oxygen atoms in total. The van der Waals surface area contributed by atoms with E-state index in [9.17, 15) is 4.79 Å². The van der Waals surface area contributed by atoms with Crippen LogP contribution in [0, 0.1) is 0 Å². The number of carbonyl (C=O) groups excluding carboxylic acids is 1. The minimum atomic E-state index is -0.0782. The summed E-state index contributed by atoms with van der Waals surface area (Å²) in [5, 5.41) is 6.30. The summed E-state index contributed by atoms with van der Waals surface area (Å²) in [6.07, 6.45) is 0.948. The van der Waals surface area contributed by atoms with Crippen LogP contribution in [0.4, 0.5) is 0 Å². The van der Waals surface area contributed by atoms with E-state index in [1.165, 1.54) is 11.1 Å². The first-order valence-electron chi connectivity index (χ1n) is 8.08. The maximum atomic E-state index is 12.3. The molecule has 1 amide bonds. The average Bonchev–Trinajstić information content (AvgIpc) is 3.05. The molecule has 0 aromatic heterocycles. The van der Waals surface area contributed by atoms with Crippen LogP contribution in [-0.4, -0.2) is 12.5 Å². The number of carbonyl (C=O) groups is 1. The van der Waals surface area contributed by atoms with Crippen molar-refractivity contribution < 1.29 is 9.53 Å². The van der Waals surface area contributed by atoms with Crippen molar-refractivity contribution in [3.63, 3.8) is 0 Å². The molecule has 1 heterocycles. The summed E-state index contributed by atoms with van der Waals surface area (Å²) in [6.45, 7) is 5.10. The fraction of sp³-hybridized carbons (Fsp3) is 0.316. The van der Waals surface area contributed by atoms with Crippen LogP contribution in [0.1, 0.15) is 40.4 Å². The van der Waals surface area contributed by atoms with Gasteiger partial charge in [0.2, 0.25) is 0 Å². The van der Waals surface area contributed by atoms with Crippen molar-refractivity contribution in [1.29, 1.82) is 0 Å². The zero-order chi connectivity index (χ0) is 16.1. The van der Waals surface area contributed by atoms with Crippen LogP contribution in [0.5, 0.6) is 5.75 Å². The highest BCUT2D eigenvalue weighted by Crippen LogP contribution is 2.17. The number of nitrogens with one attached hydrogen (secondary N) is 2. The van der Waals surface area contributed by atoms with E-state index >= 15 is 0 Å². The molecular weight excluding hydrogens is 288 g/mol. The molecular formula is C19H22N2O2. The largest absolute Gasteiger partial charge is 0.494 e. The van der Waals surface area contributed by atoms with Crippen molar-refractivity contribution >= 4 is 5.91 Å². The summed E-state index contributed by atoms with van der Waals surface area (Å²) >= 11 is 0. The van der Waals surface area contributed by atoms with Gasteiger partial charge >= 0.3 is 0 Å². The van der Waals surface area contributed by atoms with E-state index in [1.54, 1.807) is 12.1 Å². The lowest BCUT2D eigenvalue weighted by atomic mass is 10.1. The molecule has 0 aliphatic carbocycles. The van der Waals surface area contributed by atoms with Crippen molar-refractivity contribution in [2.24, 2.45) is 0 Å². The maximum Gasteiger partial charge on any atom is 0.251 e. The first-order chi connectivity index (χ1) is 11.3. The lowest BCUT2D eigenvalue weighted by Gasteiger charge is -2.09. The minimum absolute atomic E-state index is 0.0782. The van der Waals surface area contributed by atoms with Crippen LogP contribution < -0.4 is 15.4 Å². The normalized spacial score (nSPS) is 12.7. The van der Waals surface area contributed by atoms with Gasteiger partial charge in [-0.1, -0.05) is 31.2 Å². The SMILES string of the molecule is CCCOc1cccc(C(=O)NCc2ccc3c(c2)CNC3)c1. The highest BCUT2D eigenvalue weighted by molar-refractivity contribution is 5.94. The molecule has 3 rings (SSSR count). The Kier molecular flexibility index (Phi) is 4.93. The lowest BCUT2D eigenvalue weighted by molar-refractivity contribution is 0.0950. The molecule has 0 spiro atoms. The van der Waals surface area contributed by atoms with E-state index < -0.39 is 0 Å². The molecule has 0 atom stereocenters. The summed E-state index contributed by atoms with van der Waals surface area (Å²) in [7, 11) is 0. The Labute approximate surface area is 136 Å². The molecule has 0 radical (unpaired) electrons. The van der Waals surface area contributed by atoms with Gasteiger partial charge in [0.25, 0.3) is 5.91 Å². The van der Waals surface area contributed by atoms with Crippen LogP contribution in [0.15, 0.2) is 42.5 Å². The van der Waals surface area contributed by atoms with Gasteiger partial charge in [-0.25, -0.2) is 0 Å². The number of hydrogen-bond acceptors (Lipinski definition) is 3. The molecule has 0 unspecified atom stereocenters. The molecule has 0 saturated heterocycles. The molecule has 2 N–H and O–H groups in total. The quantitative estimate of drug-likeness (QED) is 0.862. The van der Waals surface area contributed by atoms with E-state index in [-0.39, 0.29) is 5.91 Å². The predicted molar refractivity (Wildman–Crippen MR) is 90.4 cm³/mol. The first kappa shape index (κ1) is 15.6. The zero-order valence-electron chi connectivity index (χ0n) is 13.4. The van der Waals surface area contributed by atoms with E-state index in [0.29, 0.717) is 18.7 Å². The maximum absolute atomic E-state index is 12.3. The zero-order valence-corrected chi connectivity index (χ0v) is 13.4. The topological polar surface area (TPSA) is 50.4 Å². The third-order valence-corrected chi connectivity index (χ3v) is 3.92. The molecule has 2 aromatic rings. The molecule has 1 aliphatic heterocycles. The van der Waals surface area contributed by atoms with Gasteiger partial charge in [0.15, 0.2) is 0 Å². The number of fused-ring (bicyclic) bond motifs is 1. The summed E-state index contributed by atoms with van der Waals surface area (Å²) in [5.74, 6) is 0.661. The summed E-state index contributed by atoms with van der Waals surface area (Å²) in [5.41, 5.74) is 4.42. The molecule has 120 valence electrons. The Balaban J connectivity index is 1.61. The smallest absolute Gasteiger partial charge is 0.251 e. The van der Waals surface area contributed by atoms with Crippen molar-refractivity contribution in [2.45, 2.75) is 33.0 Å². The Morgan fingerprint density at radius 2 is 2.04 bits per heavy atom. The second-order valence-corrected chi connectivity index (χ2v) is 5.77. The number of hydrogen-bond donors (Lipinski definition) is 2. The monoisotopic (exact) mass is 310 g/mol. The van der Waals surface area contributed by atoms with Crippen LogP contribution in [-0.2, 0) is 19.6 Å². The Morgan fingerprint density at radius 3 is 2.91 bits per heavy atom. The third-order valence-electron chi connectivity index (χ3n) is 3.92. The number of benzene rings is 2. The molecule has 4 heteroatoms. The van der Waals surface area contributed by atoms with Crippen molar-refractivity contribution in [2.75, 3.05) is 6.61 Å². The van der Waals surface area contributed by atoms with Gasteiger partial charge in [0.05, 0.1) is 6.61 Å². The van der Waals surface area contributed by atoms with E-state index in [0.717, 1.165) is 30.8 Å². The van der Waals surface area contributed by atoms with Gasteiger partial charge in [-0.15, -0.1) is 0 Å². The first-order valence-corrected chi connectivity index (χ1v) is 8.08. The summed E-state index contributed by atoms with van der Waals surface area (Å²) in [4.78, 5) is 12.3. The fourth-order valence-corrected chi connectivity index (χ4v) is 2.69. The molecule has 2 aromatic carbocycles.